The zero-order valence-corrected chi connectivity index (χ0v) is 47.1. The van der Waals surface area contributed by atoms with E-state index in [9.17, 15) is 19.2 Å². The molecule has 4 N–H and O–H groups in total. The third kappa shape index (κ3) is 8.79. The molecular weight excluding hydrogens is 1020 g/mol. The average Bonchev–Trinajstić information content (AvgIpc) is 3.69. The topological polar surface area (TPSA) is 175 Å². The lowest BCUT2D eigenvalue weighted by Crippen LogP contribution is -2.43. The predicted octanol–water partition coefficient (Wildman–Crippen LogP) is 12.9. The van der Waals surface area contributed by atoms with Crippen LogP contribution in [0, 0.1) is 21.7 Å². The highest BCUT2D eigenvalue weighted by molar-refractivity contribution is 5.90. The molecule has 0 radical (unpaired) electrons. The van der Waals surface area contributed by atoms with E-state index in [1.807, 2.05) is 76.7 Å². The maximum atomic E-state index is 14.7. The van der Waals surface area contributed by atoms with E-state index in [1.165, 1.54) is 116 Å². The first-order valence-electron chi connectivity index (χ1n) is 30.2. The Balaban J connectivity index is 0.763. The third-order valence-electron chi connectivity index (χ3n) is 21.2. The van der Waals surface area contributed by atoms with Crippen LogP contribution in [0.1, 0.15) is 159 Å². The number of imidazole rings is 2. The summed E-state index contributed by atoms with van der Waals surface area (Å²) in [4.78, 5) is 76.5. The number of fused-ring (bicyclic) bond motifs is 3. The number of hydrogen-bond acceptors (Lipinski definition) is 8. The van der Waals surface area contributed by atoms with Crippen LogP contribution >= 0.6 is 0 Å². The number of methoxy groups -OCH3 is 2. The lowest BCUT2D eigenvalue weighted by atomic mass is 9.82. The minimum Gasteiger partial charge on any atom is -0.453 e. The van der Waals surface area contributed by atoms with Gasteiger partial charge >= 0.3 is 12.2 Å². The largest absolute Gasteiger partial charge is 0.453 e. The van der Waals surface area contributed by atoms with Gasteiger partial charge < -0.3 is 39.9 Å². The van der Waals surface area contributed by atoms with Crippen molar-refractivity contribution in [3.05, 3.63) is 154 Å². The van der Waals surface area contributed by atoms with Crippen molar-refractivity contribution in [3.8, 4) is 33.5 Å². The maximum Gasteiger partial charge on any atom is 0.407 e. The van der Waals surface area contributed by atoms with Crippen molar-refractivity contribution in [2.75, 3.05) is 27.3 Å². The Hall–Kier alpha value is -7.74. The van der Waals surface area contributed by atoms with Gasteiger partial charge in [-0.15, -0.1) is 0 Å². The summed E-state index contributed by atoms with van der Waals surface area (Å²) >= 11 is 0. The number of carbonyl (C=O) groups excluding carboxylic acids is 4. The lowest BCUT2D eigenvalue weighted by molar-refractivity contribution is -0.135. The zero-order chi connectivity index (χ0) is 55.5. The third-order valence-corrected chi connectivity index (χ3v) is 21.2. The minimum absolute atomic E-state index is 0.0669. The number of nitrogens with one attached hydrogen (secondary N) is 4. The number of aromatic nitrogens is 4. The van der Waals surface area contributed by atoms with Crippen molar-refractivity contribution in [1.29, 1.82) is 0 Å². The summed E-state index contributed by atoms with van der Waals surface area (Å²) in [7, 11) is 2.65. The second kappa shape index (κ2) is 19.4. The highest BCUT2D eigenvalue weighted by atomic mass is 16.5. The summed E-state index contributed by atoms with van der Waals surface area (Å²) in [5.41, 5.74) is 17.3. The Morgan fingerprint density at radius 3 is 1.50 bits per heavy atom. The Kier molecular flexibility index (Phi) is 12.1. The second-order valence-electron chi connectivity index (χ2n) is 26.2. The van der Waals surface area contributed by atoms with E-state index in [0.717, 1.165) is 98.1 Å². The van der Waals surface area contributed by atoms with Gasteiger partial charge in [-0.1, -0.05) is 117 Å². The number of hydrogen-bond donors (Lipinski definition) is 4. The molecule has 0 bridgehead atoms. The summed E-state index contributed by atoms with van der Waals surface area (Å²) in [5.74, 6) is 1.28. The number of rotatable bonds is 11. The molecule has 14 heteroatoms. The fraction of sp³-hybridized carbons (Fsp3) is 0.441. The quantitative estimate of drug-likeness (QED) is 0.0990. The highest BCUT2D eigenvalue weighted by Gasteiger charge is 2.57. The van der Waals surface area contributed by atoms with Crippen LogP contribution in [0.4, 0.5) is 9.59 Å². The van der Waals surface area contributed by atoms with Crippen LogP contribution in [0.5, 0.6) is 0 Å². The normalized spacial score (nSPS) is 22.5. The number of benzene rings is 5. The summed E-state index contributed by atoms with van der Waals surface area (Å²) < 4.78 is 10.0. The SMILES string of the molecule is COC(=O)NC(C(=O)N1CC2(CC2)CC1c1ncc(-c2ccc(-c3ccc(-c4ccc5nc(C6CC7(CC7)CN6C(=O)C(NC(=O)OC)c6ccccc6)[nH]c5c4)c4c3CC3(CCCC3)C4)c3c2CC2(CCCC2)C3)[nH]1)c1ccccc1. The van der Waals surface area contributed by atoms with E-state index in [4.69, 9.17) is 19.4 Å². The molecule has 8 aliphatic rings. The van der Waals surface area contributed by atoms with Crippen LogP contribution < -0.4 is 10.6 Å². The van der Waals surface area contributed by atoms with Crippen molar-refractivity contribution in [1.82, 2.24) is 40.4 Å². The van der Waals surface area contributed by atoms with Crippen molar-refractivity contribution in [2.45, 2.75) is 140 Å². The first kappa shape index (κ1) is 51.2. The molecule has 4 heterocycles. The molecule has 4 amide bonds. The van der Waals surface area contributed by atoms with Gasteiger partial charge in [0.1, 0.15) is 23.7 Å². The average molecular weight is 1100 g/mol. The standard InChI is InChI=1S/C68H72N8O6/c1-81-63(79)73-57(41-13-5-3-6-14-41)61(77)75-39-67(27-28-67)36-55(75)59-69-38-54(72-59)47-21-20-46(50-34-66(35-51(47)50)25-11-12-26-66)45-19-18-44(48-32-65(33-49(45)48)23-9-10-24-65)43-17-22-52-53(31-43)71-60(70-52)56-37-68(29-30-68)40-76(56)62(78)58(74-64(80)82-2)42-15-7-4-8-16-42/h3-8,13-22,31,38,55-58H,9-12,23-30,32-37,39-40H2,1-2H3,(H,69,72)(H,70,71)(H,73,79)(H,74,80). The van der Waals surface area contributed by atoms with Crippen molar-refractivity contribution >= 4 is 35.0 Å². The lowest BCUT2D eigenvalue weighted by Gasteiger charge is -2.28. The number of ether oxygens (including phenoxy) is 2. The van der Waals surface area contributed by atoms with Gasteiger partial charge in [-0.2, -0.15) is 0 Å². The van der Waals surface area contributed by atoms with Gasteiger partial charge in [0.25, 0.3) is 11.8 Å². The van der Waals surface area contributed by atoms with Crippen LogP contribution in [0.3, 0.4) is 0 Å². The van der Waals surface area contributed by atoms with Gasteiger partial charge in [0.05, 0.1) is 49.2 Å². The first-order valence-corrected chi connectivity index (χ1v) is 30.2. The molecule has 2 aliphatic heterocycles. The molecule has 14 nitrogen and oxygen atoms in total. The van der Waals surface area contributed by atoms with Gasteiger partial charge in [0.2, 0.25) is 0 Å². The number of aromatic amines is 2. The van der Waals surface area contributed by atoms with Crippen LogP contribution in [0.15, 0.2) is 109 Å². The van der Waals surface area contributed by atoms with E-state index >= 15 is 0 Å². The van der Waals surface area contributed by atoms with Crippen molar-refractivity contribution in [3.63, 3.8) is 0 Å². The molecule has 4 unspecified atom stereocenters. The van der Waals surface area contributed by atoms with E-state index in [2.05, 4.69) is 63.1 Å². The zero-order valence-electron chi connectivity index (χ0n) is 47.1. The molecule has 6 fully saturated rings. The van der Waals surface area contributed by atoms with E-state index in [1.54, 1.807) is 0 Å². The molecule has 82 heavy (non-hydrogen) atoms. The summed E-state index contributed by atoms with van der Waals surface area (Å²) in [5, 5.41) is 5.69. The van der Waals surface area contributed by atoms with Gasteiger partial charge in [0, 0.05) is 18.7 Å². The smallest absolute Gasteiger partial charge is 0.407 e. The van der Waals surface area contributed by atoms with Crippen molar-refractivity contribution < 1.29 is 28.7 Å². The Morgan fingerprint density at radius 1 is 0.537 bits per heavy atom. The van der Waals surface area contributed by atoms with Crippen LogP contribution in [-0.4, -0.2) is 81.0 Å². The van der Waals surface area contributed by atoms with Crippen LogP contribution in [0.25, 0.3) is 44.5 Å². The monoisotopic (exact) mass is 1100 g/mol. The second-order valence-corrected chi connectivity index (χ2v) is 26.2. The summed E-state index contributed by atoms with van der Waals surface area (Å²) in [6.45, 7) is 1.26. The Morgan fingerprint density at radius 2 is 1.00 bits per heavy atom. The van der Waals surface area contributed by atoms with Crippen molar-refractivity contribution in [2.24, 2.45) is 21.7 Å². The van der Waals surface area contributed by atoms with E-state index in [-0.39, 0.29) is 45.6 Å². The summed E-state index contributed by atoms with van der Waals surface area (Å²) in [6, 6.07) is 32.9. The summed E-state index contributed by atoms with van der Waals surface area (Å²) in [6.07, 6.45) is 21.1. The Bertz CT molecular complexity index is 3700. The molecule has 15 rings (SSSR count). The maximum absolute atomic E-state index is 14.7. The molecule has 420 valence electrons. The highest BCUT2D eigenvalue weighted by Crippen LogP contribution is 2.61. The molecule has 4 atom stereocenters. The molecule has 7 aromatic rings. The number of alkyl carbamates (subject to hydrolysis) is 2. The van der Waals surface area contributed by atoms with Crippen LogP contribution in [-0.2, 0) is 44.7 Å². The van der Waals surface area contributed by atoms with Crippen LogP contribution in [0.2, 0.25) is 0 Å². The molecule has 2 aromatic heterocycles. The number of likely N-dealkylation sites (tertiary alicyclic amines) is 2. The predicted molar refractivity (Wildman–Crippen MR) is 312 cm³/mol. The fourth-order valence-electron chi connectivity index (χ4n) is 16.5. The first-order chi connectivity index (χ1) is 39.9. The van der Waals surface area contributed by atoms with Gasteiger partial charge in [0.15, 0.2) is 0 Å². The number of H-pyrrole nitrogens is 2. The minimum atomic E-state index is -0.885. The molecule has 4 saturated carbocycles. The molecule has 2 saturated heterocycles. The number of carbonyl (C=O) groups is 4. The van der Waals surface area contributed by atoms with E-state index in [0.29, 0.717) is 18.7 Å². The number of nitrogens with zero attached hydrogens (tertiary/aromatic N) is 4. The number of amides is 4. The Labute approximate surface area is 478 Å². The molecule has 5 aromatic carbocycles. The fourth-order valence-corrected chi connectivity index (χ4v) is 16.5. The van der Waals surface area contributed by atoms with Gasteiger partial charge in [-0.3, -0.25) is 9.59 Å². The molecule has 6 aliphatic carbocycles. The van der Waals surface area contributed by atoms with Gasteiger partial charge in [-0.05, 0) is 179 Å². The van der Waals surface area contributed by atoms with E-state index < -0.39 is 24.3 Å². The molecular formula is C68H72N8O6. The molecule has 4 spiro atoms. The van der Waals surface area contributed by atoms with Gasteiger partial charge in [-0.25, -0.2) is 19.6 Å².